The van der Waals surface area contributed by atoms with E-state index >= 15 is 0 Å². The Hall–Kier alpha value is -1.58. The van der Waals surface area contributed by atoms with E-state index in [1.165, 1.54) is 0 Å². The molecule has 4 heteroatoms. The normalized spacial score (nSPS) is 19.9. The summed E-state index contributed by atoms with van der Waals surface area (Å²) in [7, 11) is 0. The second kappa shape index (κ2) is 4.96. The van der Waals surface area contributed by atoms with Crippen LogP contribution >= 0.6 is 0 Å². The Morgan fingerprint density at radius 2 is 2.06 bits per heavy atom. The molecule has 2 heterocycles. The summed E-state index contributed by atoms with van der Waals surface area (Å²) in [6.45, 7) is 6.44. The molecule has 1 saturated heterocycles. The maximum absolute atomic E-state index is 12.1. The van der Waals surface area contributed by atoms with Gasteiger partial charge >= 0.3 is 6.09 Å². The van der Waals surface area contributed by atoms with Crippen LogP contribution in [0.2, 0.25) is 0 Å². The summed E-state index contributed by atoms with van der Waals surface area (Å²) in [6, 6.07) is 4.06. The predicted octanol–water partition coefficient (Wildman–Crippen LogP) is 3.15. The molecule has 1 atom stereocenters. The maximum atomic E-state index is 12.1. The molecule has 4 nitrogen and oxygen atoms in total. The molecule has 18 heavy (non-hydrogen) atoms. The van der Waals surface area contributed by atoms with Crippen LogP contribution in [0.15, 0.2) is 24.5 Å². The molecule has 98 valence electrons. The predicted molar refractivity (Wildman–Crippen MR) is 69.2 cm³/mol. The van der Waals surface area contributed by atoms with E-state index in [0.29, 0.717) is 0 Å². The third-order valence-electron chi connectivity index (χ3n) is 2.97. The largest absolute Gasteiger partial charge is 0.444 e. The zero-order valence-corrected chi connectivity index (χ0v) is 11.2. The van der Waals surface area contributed by atoms with Crippen molar-refractivity contribution in [2.75, 3.05) is 6.54 Å². The molecule has 1 fully saturated rings. The monoisotopic (exact) mass is 248 g/mol. The lowest BCUT2D eigenvalue weighted by Gasteiger charge is -2.28. The summed E-state index contributed by atoms with van der Waals surface area (Å²) in [6.07, 6.45) is 5.32. The van der Waals surface area contributed by atoms with Gasteiger partial charge in [-0.3, -0.25) is 4.98 Å². The van der Waals surface area contributed by atoms with Crippen LogP contribution in [0.5, 0.6) is 0 Å². The number of nitrogens with zero attached hydrogens (tertiary/aromatic N) is 2. The van der Waals surface area contributed by atoms with E-state index in [1.54, 1.807) is 12.4 Å². The first-order chi connectivity index (χ1) is 8.47. The Labute approximate surface area is 108 Å². The third kappa shape index (κ3) is 3.00. The highest BCUT2D eigenvalue weighted by atomic mass is 16.6. The highest BCUT2D eigenvalue weighted by Gasteiger charge is 2.32. The summed E-state index contributed by atoms with van der Waals surface area (Å²) in [5, 5.41) is 0. The minimum Gasteiger partial charge on any atom is -0.444 e. The summed E-state index contributed by atoms with van der Waals surface area (Å²) in [5.74, 6) is 0. The minimum atomic E-state index is -0.442. The molecule has 0 N–H and O–H groups in total. The Bertz CT molecular complexity index is 412. The van der Waals surface area contributed by atoms with Crippen LogP contribution in [0.25, 0.3) is 0 Å². The van der Waals surface area contributed by atoms with Gasteiger partial charge in [-0.15, -0.1) is 0 Å². The SMILES string of the molecule is CC(C)(C)OC(=O)N1CCC[C@@H]1c1ccncc1. The quantitative estimate of drug-likeness (QED) is 0.766. The number of hydrogen-bond acceptors (Lipinski definition) is 3. The van der Waals surface area contributed by atoms with E-state index in [1.807, 2.05) is 37.8 Å². The minimum absolute atomic E-state index is 0.128. The van der Waals surface area contributed by atoms with E-state index in [9.17, 15) is 4.79 Å². The maximum Gasteiger partial charge on any atom is 0.410 e. The van der Waals surface area contributed by atoms with E-state index in [4.69, 9.17) is 4.74 Å². The van der Waals surface area contributed by atoms with Gasteiger partial charge in [-0.05, 0) is 51.3 Å². The van der Waals surface area contributed by atoms with Crippen molar-refractivity contribution in [2.24, 2.45) is 0 Å². The van der Waals surface area contributed by atoms with E-state index in [0.717, 1.165) is 24.9 Å². The molecule has 0 aromatic carbocycles. The van der Waals surface area contributed by atoms with Crippen molar-refractivity contribution in [2.45, 2.75) is 45.3 Å². The fraction of sp³-hybridized carbons (Fsp3) is 0.571. The van der Waals surface area contributed by atoms with Gasteiger partial charge in [0.1, 0.15) is 5.60 Å². The number of ether oxygens (including phenoxy) is 1. The lowest BCUT2D eigenvalue weighted by molar-refractivity contribution is 0.0224. The number of aromatic nitrogens is 1. The van der Waals surface area contributed by atoms with E-state index < -0.39 is 5.60 Å². The average molecular weight is 248 g/mol. The van der Waals surface area contributed by atoms with Gasteiger partial charge in [-0.1, -0.05) is 0 Å². The Morgan fingerprint density at radius 3 is 2.67 bits per heavy atom. The summed E-state index contributed by atoms with van der Waals surface area (Å²) in [5.41, 5.74) is 0.691. The molecule has 1 aliphatic heterocycles. The molecule has 0 unspecified atom stereocenters. The van der Waals surface area contributed by atoms with Crippen molar-refractivity contribution in [3.63, 3.8) is 0 Å². The molecule has 1 amide bonds. The lowest BCUT2D eigenvalue weighted by atomic mass is 10.1. The second-order valence-corrected chi connectivity index (χ2v) is 5.61. The Balaban J connectivity index is 2.11. The van der Waals surface area contributed by atoms with Gasteiger partial charge in [0, 0.05) is 18.9 Å². The van der Waals surface area contributed by atoms with Gasteiger partial charge in [0.2, 0.25) is 0 Å². The summed E-state index contributed by atoms with van der Waals surface area (Å²) < 4.78 is 5.44. The molecule has 0 spiro atoms. The molecular weight excluding hydrogens is 228 g/mol. The van der Waals surface area contributed by atoms with Crippen molar-refractivity contribution < 1.29 is 9.53 Å². The number of rotatable bonds is 1. The van der Waals surface area contributed by atoms with Gasteiger partial charge in [0.15, 0.2) is 0 Å². The van der Waals surface area contributed by atoms with Crippen LogP contribution in [0.4, 0.5) is 4.79 Å². The summed E-state index contributed by atoms with van der Waals surface area (Å²) >= 11 is 0. The molecule has 2 rings (SSSR count). The van der Waals surface area contributed by atoms with Crippen LogP contribution in [0.3, 0.4) is 0 Å². The summed E-state index contributed by atoms with van der Waals surface area (Å²) in [4.78, 5) is 18.0. The van der Waals surface area contributed by atoms with Gasteiger partial charge < -0.3 is 9.64 Å². The number of pyridine rings is 1. The van der Waals surface area contributed by atoms with Gasteiger partial charge in [0.25, 0.3) is 0 Å². The highest BCUT2D eigenvalue weighted by molar-refractivity contribution is 5.69. The molecule has 0 saturated carbocycles. The Morgan fingerprint density at radius 1 is 1.39 bits per heavy atom. The van der Waals surface area contributed by atoms with Crippen molar-refractivity contribution >= 4 is 6.09 Å². The molecule has 1 aromatic heterocycles. The molecule has 1 aromatic rings. The average Bonchev–Trinajstić information content (AvgIpc) is 2.76. The first kappa shape index (κ1) is 12.9. The van der Waals surface area contributed by atoms with Crippen LogP contribution < -0.4 is 0 Å². The molecule has 0 radical (unpaired) electrons. The standard InChI is InChI=1S/C14H20N2O2/c1-14(2,3)18-13(17)16-10-4-5-12(16)11-6-8-15-9-7-11/h6-9,12H,4-5,10H2,1-3H3/t12-/m1/s1. The van der Waals surface area contributed by atoms with Crippen LogP contribution in [-0.4, -0.2) is 28.1 Å². The number of likely N-dealkylation sites (tertiary alicyclic amines) is 1. The lowest BCUT2D eigenvalue weighted by Crippen LogP contribution is -2.36. The third-order valence-corrected chi connectivity index (χ3v) is 2.97. The van der Waals surface area contributed by atoms with Crippen molar-refractivity contribution in [3.8, 4) is 0 Å². The number of amides is 1. The van der Waals surface area contributed by atoms with Gasteiger partial charge in [0.05, 0.1) is 6.04 Å². The van der Waals surface area contributed by atoms with E-state index in [2.05, 4.69) is 4.98 Å². The van der Waals surface area contributed by atoms with Crippen LogP contribution in [0.1, 0.15) is 45.2 Å². The molecule has 0 bridgehead atoms. The van der Waals surface area contributed by atoms with Gasteiger partial charge in [-0.25, -0.2) is 4.79 Å². The molecular formula is C14H20N2O2. The highest BCUT2D eigenvalue weighted by Crippen LogP contribution is 2.32. The molecule has 0 aliphatic carbocycles. The number of carbonyl (C=O) groups is 1. The fourth-order valence-corrected chi connectivity index (χ4v) is 2.24. The van der Waals surface area contributed by atoms with E-state index in [-0.39, 0.29) is 12.1 Å². The van der Waals surface area contributed by atoms with Crippen molar-refractivity contribution in [3.05, 3.63) is 30.1 Å². The molecule has 1 aliphatic rings. The van der Waals surface area contributed by atoms with Crippen molar-refractivity contribution in [1.82, 2.24) is 9.88 Å². The smallest absolute Gasteiger partial charge is 0.410 e. The Kier molecular flexibility index (Phi) is 3.55. The number of carbonyl (C=O) groups excluding carboxylic acids is 1. The zero-order valence-electron chi connectivity index (χ0n) is 11.2. The van der Waals surface area contributed by atoms with Crippen LogP contribution in [-0.2, 0) is 4.74 Å². The second-order valence-electron chi connectivity index (χ2n) is 5.61. The number of hydrogen-bond donors (Lipinski definition) is 0. The fourth-order valence-electron chi connectivity index (χ4n) is 2.24. The topological polar surface area (TPSA) is 42.4 Å². The first-order valence-electron chi connectivity index (χ1n) is 6.37. The first-order valence-corrected chi connectivity index (χ1v) is 6.37. The van der Waals surface area contributed by atoms with Gasteiger partial charge in [-0.2, -0.15) is 0 Å². The van der Waals surface area contributed by atoms with Crippen molar-refractivity contribution in [1.29, 1.82) is 0 Å². The zero-order chi connectivity index (χ0) is 13.2. The van der Waals surface area contributed by atoms with Crippen LogP contribution in [0, 0.1) is 0 Å².